The van der Waals surface area contributed by atoms with E-state index >= 15 is 0 Å². The number of carbonyl (C=O) groups excluding carboxylic acids is 1. The second-order valence-corrected chi connectivity index (χ2v) is 5.61. The summed E-state index contributed by atoms with van der Waals surface area (Å²) in [6.45, 7) is 0. The number of nitrogens with one attached hydrogen (secondary N) is 1. The average Bonchev–Trinajstić information content (AvgIpc) is 2.54. The molecule has 0 saturated heterocycles. The first-order valence-electron chi connectivity index (χ1n) is 7.29. The molecule has 4 rings (SSSR count). The first-order chi connectivity index (χ1) is 10.7. The van der Waals surface area contributed by atoms with Gasteiger partial charge in [0.1, 0.15) is 5.82 Å². The molecule has 1 amide bonds. The van der Waals surface area contributed by atoms with Crippen molar-refractivity contribution in [3.63, 3.8) is 0 Å². The van der Waals surface area contributed by atoms with E-state index in [1.54, 1.807) is 6.07 Å². The van der Waals surface area contributed by atoms with Crippen molar-refractivity contribution in [3.8, 4) is 0 Å². The van der Waals surface area contributed by atoms with Crippen molar-refractivity contribution >= 4 is 22.4 Å². The van der Waals surface area contributed by atoms with Gasteiger partial charge >= 0.3 is 0 Å². The molecule has 0 bridgehead atoms. The molecule has 1 aliphatic rings. The van der Waals surface area contributed by atoms with Crippen molar-refractivity contribution in [1.29, 1.82) is 0 Å². The molecule has 1 heterocycles. The molecule has 0 aliphatic carbocycles. The van der Waals surface area contributed by atoms with Crippen LogP contribution in [0.1, 0.15) is 23.5 Å². The second-order valence-electron chi connectivity index (χ2n) is 5.61. The van der Waals surface area contributed by atoms with Gasteiger partial charge in [-0.25, -0.2) is 4.39 Å². The maximum Gasteiger partial charge on any atom is 0.225 e. The van der Waals surface area contributed by atoms with Gasteiger partial charge in [-0.05, 0) is 28.6 Å². The lowest BCUT2D eigenvalue weighted by atomic mass is 9.83. The molecule has 0 spiro atoms. The summed E-state index contributed by atoms with van der Waals surface area (Å²) in [5, 5.41) is 5.09. The van der Waals surface area contributed by atoms with Crippen LogP contribution in [0.25, 0.3) is 10.8 Å². The summed E-state index contributed by atoms with van der Waals surface area (Å²) in [6, 6.07) is 18.6. The first-order valence-corrected chi connectivity index (χ1v) is 7.29. The largest absolute Gasteiger partial charge is 0.325 e. The molecule has 2 nitrogen and oxygen atoms in total. The predicted molar refractivity (Wildman–Crippen MR) is 85.4 cm³/mol. The van der Waals surface area contributed by atoms with Gasteiger partial charge in [-0.15, -0.1) is 0 Å². The molecule has 0 radical (unpaired) electrons. The Morgan fingerprint density at radius 2 is 1.86 bits per heavy atom. The standard InChI is InChI=1S/C19H14FNO/c20-14-6-3-5-13(10-14)17-11-18(22)21-19-15-7-2-1-4-12(15)8-9-16(17)19/h1-10,17H,11H2,(H,21,22)/t17-/m0/s1. The molecule has 108 valence electrons. The number of benzene rings is 3. The number of hydrogen-bond donors (Lipinski definition) is 1. The topological polar surface area (TPSA) is 29.1 Å². The molecule has 0 unspecified atom stereocenters. The third-order valence-corrected chi connectivity index (χ3v) is 4.24. The van der Waals surface area contributed by atoms with E-state index in [-0.39, 0.29) is 17.6 Å². The van der Waals surface area contributed by atoms with Crippen molar-refractivity contribution in [3.05, 3.63) is 77.6 Å². The van der Waals surface area contributed by atoms with Crippen LogP contribution in [0.4, 0.5) is 10.1 Å². The van der Waals surface area contributed by atoms with Crippen molar-refractivity contribution in [2.75, 3.05) is 5.32 Å². The molecule has 1 atom stereocenters. The van der Waals surface area contributed by atoms with Crippen LogP contribution in [-0.2, 0) is 4.79 Å². The number of fused-ring (bicyclic) bond motifs is 3. The van der Waals surface area contributed by atoms with Crippen LogP contribution in [0.3, 0.4) is 0 Å². The highest BCUT2D eigenvalue weighted by atomic mass is 19.1. The Morgan fingerprint density at radius 1 is 1.00 bits per heavy atom. The lowest BCUT2D eigenvalue weighted by Gasteiger charge is -2.27. The fraction of sp³-hybridized carbons (Fsp3) is 0.105. The van der Waals surface area contributed by atoms with Gasteiger partial charge in [-0.2, -0.15) is 0 Å². The fourth-order valence-electron chi connectivity index (χ4n) is 3.22. The van der Waals surface area contributed by atoms with Gasteiger partial charge in [0.25, 0.3) is 0 Å². The monoisotopic (exact) mass is 291 g/mol. The number of anilines is 1. The SMILES string of the molecule is O=C1C[C@@H](c2cccc(F)c2)c2ccc3ccccc3c2N1. The molecule has 0 aromatic heterocycles. The van der Waals surface area contributed by atoms with Crippen LogP contribution < -0.4 is 5.32 Å². The van der Waals surface area contributed by atoms with Crippen LogP contribution in [0.5, 0.6) is 0 Å². The summed E-state index contributed by atoms with van der Waals surface area (Å²) in [7, 11) is 0. The molecule has 3 heteroatoms. The number of hydrogen-bond acceptors (Lipinski definition) is 1. The summed E-state index contributed by atoms with van der Waals surface area (Å²) in [6.07, 6.45) is 0.342. The summed E-state index contributed by atoms with van der Waals surface area (Å²) in [4.78, 5) is 12.1. The molecular formula is C19H14FNO. The smallest absolute Gasteiger partial charge is 0.225 e. The summed E-state index contributed by atoms with van der Waals surface area (Å²) < 4.78 is 13.5. The fourth-order valence-corrected chi connectivity index (χ4v) is 3.22. The second kappa shape index (κ2) is 4.95. The van der Waals surface area contributed by atoms with Gasteiger partial charge < -0.3 is 5.32 Å². The summed E-state index contributed by atoms with van der Waals surface area (Å²) >= 11 is 0. The van der Waals surface area contributed by atoms with Crippen molar-refractivity contribution in [1.82, 2.24) is 0 Å². The minimum absolute atomic E-state index is 0.0295. The van der Waals surface area contributed by atoms with Gasteiger partial charge in [0.05, 0.1) is 5.69 Å². The Balaban J connectivity index is 1.94. The van der Waals surface area contributed by atoms with E-state index in [4.69, 9.17) is 0 Å². The molecular weight excluding hydrogens is 277 g/mol. The predicted octanol–water partition coefficient (Wildman–Crippen LogP) is 4.45. The molecule has 3 aromatic rings. The van der Waals surface area contributed by atoms with E-state index in [0.717, 1.165) is 27.6 Å². The van der Waals surface area contributed by atoms with Crippen molar-refractivity contribution in [2.24, 2.45) is 0 Å². The summed E-state index contributed by atoms with van der Waals surface area (Å²) in [5.74, 6) is -0.409. The minimum Gasteiger partial charge on any atom is -0.325 e. The number of carbonyl (C=O) groups is 1. The van der Waals surface area contributed by atoms with Gasteiger partial charge in [0.15, 0.2) is 0 Å². The van der Waals surface area contributed by atoms with Crippen LogP contribution in [0.15, 0.2) is 60.7 Å². The maximum atomic E-state index is 13.5. The Labute approximate surface area is 127 Å². The minimum atomic E-state index is -0.272. The Hall–Kier alpha value is -2.68. The van der Waals surface area contributed by atoms with E-state index in [1.807, 2.05) is 36.4 Å². The maximum absolute atomic E-state index is 13.5. The van der Waals surface area contributed by atoms with Crippen molar-refractivity contribution in [2.45, 2.75) is 12.3 Å². The molecule has 0 saturated carbocycles. The zero-order chi connectivity index (χ0) is 15.1. The highest BCUT2D eigenvalue weighted by Gasteiger charge is 2.27. The van der Waals surface area contributed by atoms with E-state index in [0.29, 0.717) is 6.42 Å². The van der Waals surface area contributed by atoms with E-state index < -0.39 is 0 Å². The Morgan fingerprint density at radius 3 is 2.73 bits per heavy atom. The van der Waals surface area contributed by atoms with Crippen LogP contribution >= 0.6 is 0 Å². The van der Waals surface area contributed by atoms with Gasteiger partial charge in [0, 0.05) is 17.7 Å². The molecule has 0 fully saturated rings. The zero-order valence-electron chi connectivity index (χ0n) is 11.8. The summed E-state index contributed by atoms with van der Waals surface area (Å²) in [5.41, 5.74) is 2.74. The third-order valence-electron chi connectivity index (χ3n) is 4.24. The van der Waals surface area contributed by atoms with Gasteiger partial charge in [-0.1, -0.05) is 48.5 Å². The Kier molecular flexibility index (Phi) is 2.93. The average molecular weight is 291 g/mol. The van der Waals surface area contributed by atoms with Crippen LogP contribution in [-0.4, -0.2) is 5.91 Å². The Bertz CT molecular complexity index is 887. The third kappa shape index (κ3) is 2.06. The molecule has 1 aliphatic heterocycles. The lowest BCUT2D eigenvalue weighted by Crippen LogP contribution is -2.23. The number of amides is 1. The molecule has 22 heavy (non-hydrogen) atoms. The highest BCUT2D eigenvalue weighted by molar-refractivity contribution is 6.06. The molecule has 3 aromatic carbocycles. The van der Waals surface area contributed by atoms with Crippen LogP contribution in [0, 0.1) is 5.82 Å². The van der Waals surface area contributed by atoms with Crippen LogP contribution in [0.2, 0.25) is 0 Å². The van der Waals surface area contributed by atoms with Gasteiger partial charge in [-0.3, -0.25) is 4.79 Å². The number of halogens is 1. The highest BCUT2D eigenvalue weighted by Crippen LogP contribution is 2.40. The van der Waals surface area contributed by atoms with Crippen molar-refractivity contribution < 1.29 is 9.18 Å². The zero-order valence-corrected chi connectivity index (χ0v) is 11.8. The normalized spacial score (nSPS) is 17.1. The van der Waals surface area contributed by atoms with E-state index in [9.17, 15) is 9.18 Å². The first kappa shape index (κ1) is 13.0. The van der Waals surface area contributed by atoms with Gasteiger partial charge in [0.2, 0.25) is 5.91 Å². The van der Waals surface area contributed by atoms with E-state index in [1.165, 1.54) is 12.1 Å². The number of rotatable bonds is 1. The lowest BCUT2D eigenvalue weighted by molar-refractivity contribution is -0.116. The van der Waals surface area contributed by atoms with E-state index in [2.05, 4.69) is 11.4 Å². The molecule has 1 N–H and O–H groups in total. The quantitative estimate of drug-likeness (QED) is 0.705.